The molecule has 0 spiro atoms. The van der Waals surface area contributed by atoms with E-state index in [9.17, 15) is 31.2 Å². The maximum Gasteiger partial charge on any atom is 0.416 e. The van der Waals surface area contributed by atoms with E-state index in [-0.39, 0.29) is 48.0 Å². The van der Waals surface area contributed by atoms with Crippen LogP contribution in [0.5, 0.6) is 0 Å². The quantitative estimate of drug-likeness (QED) is 0.517. The van der Waals surface area contributed by atoms with Gasteiger partial charge >= 0.3 is 16.4 Å². The van der Waals surface area contributed by atoms with Crippen LogP contribution in [0, 0.1) is 23.2 Å². The minimum Gasteiger partial charge on any atom is -0.370 e. The van der Waals surface area contributed by atoms with Gasteiger partial charge in [0.2, 0.25) is 11.8 Å². The number of halogens is 5. The second kappa shape index (κ2) is 9.71. The standard InChI is InChI=1S/C24H29Cl2F3N4O4S/c25-17-6-16(24(27,28)29)7-18(26)22(17)33-3-1-2-32(38(33,36)37)12-20(35)31-21-14-4-13-5-15(21)10-23(8-13,9-14)11-19(30)34/h6-7,13-15,21H,1-5,8-12H2,(H2,30,34)(H,31,35). The highest BCUT2D eigenvalue weighted by Gasteiger charge is 2.56. The smallest absolute Gasteiger partial charge is 0.370 e. The van der Waals surface area contributed by atoms with Crippen LogP contribution in [0.15, 0.2) is 12.1 Å². The molecule has 1 saturated heterocycles. The van der Waals surface area contributed by atoms with Gasteiger partial charge in [-0.2, -0.15) is 25.9 Å². The third kappa shape index (κ3) is 5.09. The molecule has 4 bridgehead atoms. The number of carbonyl (C=O) groups is 2. The first-order valence-corrected chi connectivity index (χ1v) is 14.8. The molecule has 3 N–H and O–H groups in total. The van der Waals surface area contributed by atoms with Crippen molar-refractivity contribution in [2.45, 2.75) is 57.2 Å². The molecule has 1 aliphatic heterocycles. The Balaban J connectivity index is 1.29. The summed E-state index contributed by atoms with van der Waals surface area (Å²) in [7, 11) is -4.29. The Kier molecular flexibility index (Phi) is 7.10. The molecular formula is C24H29Cl2F3N4O4S. The van der Waals surface area contributed by atoms with E-state index in [4.69, 9.17) is 28.9 Å². The molecule has 5 fully saturated rings. The molecular weight excluding hydrogens is 568 g/mol. The zero-order valence-electron chi connectivity index (χ0n) is 20.4. The van der Waals surface area contributed by atoms with Gasteiger partial charge in [0, 0.05) is 25.6 Å². The third-order valence-corrected chi connectivity index (χ3v) is 11.0. The molecule has 2 amide bonds. The van der Waals surface area contributed by atoms with Crippen molar-refractivity contribution in [3.05, 3.63) is 27.7 Å². The number of nitrogens with one attached hydrogen (secondary N) is 1. The number of nitrogens with zero attached hydrogens (tertiary/aromatic N) is 2. The predicted octanol–water partition coefficient (Wildman–Crippen LogP) is 3.96. The predicted molar refractivity (Wildman–Crippen MR) is 136 cm³/mol. The van der Waals surface area contributed by atoms with E-state index >= 15 is 0 Å². The first kappa shape index (κ1) is 27.8. The maximum atomic E-state index is 13.4. The monoisotopic (exact) mass is 596 g/mol. The summed E-state index contributed by atoms with van der Waals surface area (Å²) in [6.07, 6.45) is 0.517. The van der Waals surface area contributed by atoms with Gasteiger partial charge in [0.25, 0.3) is 0 Å². The molecule has 6 rings (SSSR count). The van der Waals surface area contributed by atoms with Crippen LogP contribution >= 0.6 is 23.2 Å². The lowest BCUT2D eigenvalue weighted by atomic mass is 9.47. The zero-order valence-corrected chi connectivity index (χ0v) is 22.8. The Morgan fingerprint density at radius 3 is 2.24 bits per heavy atom. The summed E-state index contributed by atoms with van der Waals surface area (Å²) in [6.45, 7) is -0.398. The molecule has 2 atom stereocenters. The highest BCUT2D eigenvalue weighted by Crippen LogP contribution is 2.61. The second-order valence-corrected chi connectivity index (χ2v) is 13.9. The molecule has 0 aromatic heterocycles. The number of nitrogens with two attached hydrogens (primary N) is 1. The van der Waals surface area contributed by atoms with Crippen LogP contribution in [-0.4, -0.2) is 50.2 Å². The summed E-state index contributed by atoms with van der Waals surface area (Å²) < 4.78 is 68.1. The van der Waals surface area contributed by atoms with Gasteiger partial charge in [0.1, 0.15) is 0 Å². The number of hydrogen-bond acceptors (Lipinski definition) is 4. The number of benzene rings is 1. The molecule has 210 valence electrons. The fourth-order valence-corrected chi connectivity index (χ4v) is 10.0. The van der Waals surface area contributed by atoms with Crippen molar-refractivity contribution in [2.75, 3.05) is 23.9 Å². The van der Waals surface area contributed by atoms with Crippen molar-refractivity contribution in [3.63, 3.8) is 0 Å². The van der Waals surface area contributed by atoms with E-state index in [0.29, 0.717) is 30.9 Å². The molecule has 1 aromatic carbocycles. The fraction of sp³-hybridized carbons (Fsp3) is 0.667. The Bertz CT molecular complexity index is 1220. The van der Waals surface area contributed by atoms with E-state index < -0.39 is 44.4 Å². The first-order valence-electron chi connectivity index (χ1n) is 12.6. The Morgan fingerprint density at radius 1 is 1.08 bits per heavy atom. The summed E-state index contributed by atoms with van der Waals surface area (Å²) in [4.78, 5) is 24.8. The molecule has 4 aliphatic carbocycles. The van der Waals surface area contributed by atoms with Gasteiger partial charge in [0.05, 0.1) is 27.8 Å². The second-order valence-electron chi connectivity index (χ2n) is 11.3. The fourth-order valence-electron chi connectivity index (χ4n) is 7.52. The number of hydrogen-bond donors (Lipinski definition) is 2. The highest BCUT2D eigenvalue weighted by molar-refractivity contribution is 7.90. The summed E-state index contributed by atoms with van der Waals surface area (Å²) in [5.74, 6) is 0.184. The molecule has 2 unspecified atom stereocenters. The van der Waals surface area contributed by atoms with Crippen molar-refractivity contribution in [3.8, 4) is 0 Å². The van der Waals surface area contributed by atoms with E-state index in [0.717, 1.165) is 40.7 Å². The molecule has 14 heteroatoms. The summed E-state index contributed by atoms with van der Waals surface area (Å²) in [5.41, 5.74) is 4.09. The molecule has 38 heavy (non-hydrogen) atoms. The zero-order chi connectivity index (χ0) is 27.6. The number of alkyl halides is 3. The van der Waals surface area contributed by atoms with Crippen molar-refractivity contribution >= 4 is 50.9 Å². The SMILES string of the molecule is NC(=O)CC12CC3CC(C1)C(NC(=O)CN1CCCN(c4c(Cl)cc(C(F)(F)F)cc4Cl)S1(=O)=O)C(C3)C2. The minimum atomic E-state index is -4.70. The summed E-state index contributed by atoms with van der Waals surface area (Å²) in [6, 6.07) is 1.19. The minimum absolute atomic E-state index is 0.0403. The Morgan fingerprint density at radius 2 is 1.68 bits per heavy atom. The van der Waals surface area contributed by atoms with Gasteiger partial charge in [-0.15, -0.1) is 0 Å². The van der Waals surface area contributed by atoms with Crippen LogP contribution in [0.4, 0.5) is 18.9 Å². The van der Waals surface area contributed by atoms with E-state index in [1.165, 1.54) is 0 Å². The van der Waals surface area contributed by atoms with Crippen molar-refractivity contribution in [2.24, 2.45) is 28.9 Å². The van der Waals surface area contributed by atoms with Crippen molar-refractivity contribution in [1.82, 2.24) is 9.62 Å². The summed E-state index contributed by atoms with van der Waals surface area (Å²) >= 11 is 12.2. The van der Waals surface area contributed by atoms with Crippen LogP contribution in [-0.2, 0) is 26.0 Å². The number of primary amides is 1. The van der Waals surface area contributed by atoms with Gasteiger partial charge in [-0.1, -0.05) is 23.2 Å². The number of anilines is 1. The largest absolute Gasteiger partial charge is 0.416 e. The van der Waals surface area contributed by atoms with Crippen LogP contribution in [0.2, 0.25) is 10.0 Å². The Hall–Kier alpha value is -1.76. The van der Waals surface area contributed by atoms with E-state index in [1.54, 1.807) is 0 Å². The van der Waals surface area contributed by atoms with E-state index in [2.05, 4.69) is 5.32 Å². The number of rotatable bonds is 6. The normalized spacial score (nSPS) is 32.4. The summed E-state index contributed by atoms with van der Waals surface area (Å²) in [5, 5.41) is 2.17. The van der Waals surface area contributed by atoms with Gasteiger partial charge in [0.15, 0.2) is 0 Å². The van der Waals surface area contributed by atoms with Crippen LogP contribution in [0.25, 0.3) is 0 Å². The van der Waals surface area contributed by atoms with Crippen molar-refractivity contribution in [1.29, 1.82) is 0 Å². The average Bonchev–Trinajstić information content (AvgIpc) is 2.76. The van der Waals surface area contributed by atoms with Gasteiger partial charge in [-0.25, -0.2) is 0 Å². The van der Waals surface area contributed by atoms with Crippen LogP contribution < -0.4 is 15.4 Å². The first-order chi connectivity index (χ1) is 17.7. The van der Waals surface area contributed by atoms with E-state index in [1.807, 2.05) is 0 Å². The van der Waals surface area contributed by atoms with Crippen LogP contribution in [0.1, 0.15) is 50.5 Å². The lowest BCUT2D eigenvalue weighted by Crippen LogP contribution is -2.61. The topological polar surface area (TPSA) is 113 Å². The molecule has 1 heterocycles. The molecule has 0 radical (unpaired) electrons. The number of carbonyl (C=O) groups excluding carboxylic acids is 2. The molecule has 4 saturated carbocycles. The molecule has 8 nitrogen and oxygen atoms in total. The third-order valence-electron chi connectivity index (χ3n) is 8.56. The van der Waals surface area contributed by atoms with Gasteiger partial charge in [-0.3, -0.25) is 13.9 Å². The average molecular weight is 597 g/mol. The molecule has 5 aliphatic rings. The van der Waals surface area contributed by atoms with Gasteiger partial charge in [-0.05, 0) is 73.8 Å². The maximum absolute atomic E-state index is 13.4. The number of amides is 2. The lowest BCUT2D eigenvalue weighted by molar-refractivity contribution is -0.137. The van der Waals surface area contributed by atoms with Crippen molar-refractivity contribution < 1.29 is 31.2 Å². The van der Waals surface area contributed by atoms with Gasteiger partial charge < -0.3 is 11.1 Å². The Labute approximate surface area is 229 Å². The van der Waals surface area contributed by atoms with Crippen LogP contribution in [0.3, 0.4) is 0 Å². The highest BCUT2D eigenvalue weighted by atomic mass is 35.5. The lowest BCUT2D eigenvalue weighted by Gasteiger charge is -2.60. The molecule has 1 aromatic rings.